The van der Waals surface area contributed by atoms with E-state index >= 15 is 0 Å². The first-order chi connectivity index (χ1) is 17.3. The highest BCUT2D eigenvalue weighted by atomic mass is 32.1. The van der Waals surface area contributed by atoms with E-state index in [-0.39, 0.29) is 11.7 Å². The quantitative estimate of drug-likeness (QED) is 0.353. The summed E-state index contributed by atoms with van der Waals surface area (Å²) in [5.74, 6) is 0.682. The van der Waals surface area contributed by atoms with Gasteiger partial charge in [0, 0.05) is 12.0 Å². The number of benzene rings is 2. The number of ether oxygens (including phenoxy) is 4. The maximum Gasteiger partial charge on any atom is 0.338 e. The number of aromatic nitrogens is 1. The number of carboxylic acid groups (broad SMARTS) is 1. The zero-order chi connectivity index (χ0) is 25.8. The molecule has 2 N–H and O–H groups in total. The van der Waals surface area contributed by atoms with E-state index in [0.717, 1.165) is 35.9 Å². The lowest BCUT2D eigenvalue weighted by atomic mass is 9.99. The number of thiazole rings is 1. The van der Waals surface area contributed by atoms with Crippen molar-refractivity contribution >= 4 is 27.5 Å². The molecule has 0 saturated heterocycles. The number of methoxy groups -OCH3 is 2. The van der Waals surface area contributed by atoms with Crippen molar-refractivity contribution in [1.29, 1.82) is 0 Å². The van der Waals surface area contributed by atoms with Crippen LogP contribution in [0.25, 0.3) is 10.2 Å². The van der Waals surface area contributed by atoms with Crippen molar-refractivity contribution in [3.05, 3.63) is 46.0 Å². The summed E-state index contributed by atoms with van der Waals surface area (Å²) >= 11 is 1.39. The summed E-state index contributed by atoms with van der Waals surface area (Å²) in [7, 11) is 3.17. The molecule has 194 valence electrons. The molecule has 0 spiro atoms. The Morgan fingerprint density at radius 3 is 2.39 bits per heavy atom. The van der Waals surface area contributed by atoms with E-state index in [2.05, 4.69) is 4.98 Å². The van der Waals surface area contributed by atoms with Gasteiger partial charge < -0.3 is 29.2 Å². The standard InChI is InChI=1S/C27H33NO7S/c1-5-34-18-12-19(27(30)31)25-23(13-18)36-24(28-25)14-22(35-17-8-6-7-9-17)26(29)16-10-20(32-3)15(2)21(11-16)33-4/h10-13,17,22,26,29H,5-9,14H2,1-4H3,(H,30,31)/t22-,26+/m0/s1. The van der Waals surface area contributed by atoms with Gasteiger partial charge in [-0.2, -0.15) is 0 Å². The van der Waals surface area contributed by atoms with Crippen LogP contribution < -0.4 is 14.2 Å². The third-order valence-corrected chi connectivity index (χ3v) is 7.59. The molecule has 36 heavy (non-hydrogen) atoms. The van der Waals surface area contributed by atoms with Crippen LogP contribution in [0.5, 0.6) is 17.2 Å². The van der Waals surface area contributed by atoms with Crippen molar-refractivity contribution in [2.75, 3.05) is 20.8 Å². The molecule has 0 unspecified atom stereocenters. The van der Waals surface area contributed by atoms with Crippen LogP contribution in [-0.2, 0) is 11.2 Å². The fourth-order valence-corrected chi connectivity index (χ4v) is 5.79. The van der Waals surface area contributed by atoms with Crippen LogP contribution in [0.3, 0.4) is 0 Å². The predicted octanol–water partition coefficient (Wildman–Crippen LogP) is 5.32. The van der Waals surface area contributed by atoms with Gasteiger partial charge in [-0.25, -0.2) is 9.78 Å². The van der Waals surface area contributed by atoms with Crippen LogP contribution in [0.1, 0.15) is 65.2 Å². The number of aliphatic hydroxyl groups excluding tert-OH is 1. The molecule has 1 aromatic heterocycles. The molecule has 1 aliphatic rings. The van der Waals surface area contributed by atoms with Crippen LogP contribution in [0, 0.1) is 6.92 Å². The maximum atomic E-state index is 11.9. The molecule has 2 atom stereocenters. The summed E-state index contributed by atoms with van der Waals surface area (Å²) in [6.07, 6.45) is 2.95. The first-order valence-corrected chi connectivity index (χ1v) is 13.0. The molecule has 8 nitrogen and oxygen atoms in total. The molecule has 0 amide bonds. The Morgan fingerprint density at radius 1 is 1.14 bits per heavy atom. The van der Waals surface area contributed by atoms with Gasteiger partial charge in [0.1, 0.15) is 23.4 Å². The largest absolute Gasteiger partial charge is 0.496 e. The number of rotatable bonds is 11. The lowest BCUT2D eigenvalue weighted by Gasteiger charge is -2.27. The number of aromatic carboxylic acids is 1. The molecule has 4 rings (SSSR count). The molecule has 2 aromatic carbocycles. The van der Waals surface area contributed by atoms with E-state index in [1.54, 1.807) is 14.2 Å². The molecule has 0 radical (unpaired) electrons. The van der Waals surface area contributed by atoms with E-state index in [1.165, 1.54) is 17.4 Å². The van der Waals surface area contributed by atoms with E-state index < -0.39 is 18.2 Å². The molecule has 0 bridgehead atoms. The number of hydrogen-bond donors (Lipinski definition) is 2. The molecular formula is C27H33NO7S. The Hall–Kier alpha value is -2.88. The number of nitrogens with zero attached hydrogens (tertiary/aromatic N) is 1. The van der Waals surface area contributed by atoms with Crippen LogP contribution in [-0.4, -0.2) is 54.2 Å². The summed E-state index contributed by atoms with van der Waals surface area (Å²) in [4.78, 5) is 16.5. The monoisotopic (exact) mass is 515 g/mol. The molecule has 9 heteroatoms. The molecule has 1 saturated carbocycles. The van der Waals surface area contributed by atoms with E-state index in [1.807, 2.05) is 32.0 Å². The van der Waals surface area contributed by atoms with Crippen LogP contribution in [0.4, 0.5) is 0 Å². The highest BCUT2D eigenvalue weighted by Gasteiger charge is 2.30. The molecule has 1 fully saturated rings. The average molecular weight is 516 g/mol. The predicted molar refractivity (Wildman–Crippen MR) is 138 cm³/mol. The van der Waals surface area contributed by atoms with Crippen LogP contribution in [0.2, 0.25) is 0 Å². The molecule has 0 aliphatic heterocycles. The van der Waals surface area contributed by atoms with Gasteiger partial charge in [-0.05, 0) is 56.5 Å². The summed E-state index contributed by atoms with van der Waals surface area (Å²) in [6, 6.07) is 6.93. The third kappa shape index (κ3) is 5.58. The Morgan fingerprint density at radius 2 is 1.81 bits per heavy atom. The van der Waals surface area contributed by atoms with Crippen molar-refractivity contribution in [1.82, 2.24) is 4.98 Å². The number of aliphatic hydroxyl groups is 1. The van der Waals surface area contributed by atoms with Gasteiger partial charge in [0.25, 0.3) is 0 Å². The van der Waals surface area contributed by atoms with E-state index in [4.69, 9.17) is 18.9 Å². The molecular weight excluding hydrogens is 482 g/mol. The van der Waals surface area contributed by atoms with Gasteiger partial charge in [-0.3, -0.25) is 0 Å². The number of carboxylic acids is 1. The van der Waals surface area contributed by atoms with Gasteiger partial charge in [-0.15, -0.1) is 11.3 Å². The fourth-order valence-electron chi connectivity index (χ4n) is 4.72. The average Bonchev–Trinajstić information content (AvgIpc) is 3.52. The van der Waals surface area contributed by atoms with Crippen molar-refractivity contribution < 1.29 is 34.0 Å². The Balaban J connectivity index is 1.70. The number of fused-ring (bicyclic) bond motifs is 1. The third-order valence-electron chi connectivity index (χ3n) is 6.57. The highest BCUT2D eigenvalue weighted by Crippen LogP contribution is 2.37. The van der Waals surface area contributed by atoms with Crippen molar-refractivity contribution in [2.45, 2.75) is 64.3 Å². The molecule has 3 aromatic rings. The van der Waals surface area contributed by atoms with Crippen molar-refractivity contribution in [3.63, 3.8) is 0 Å². The van der Waals surface area contributed by atoms with E-state index in [9.17, 15) is 15.0 Å². The van der Waals surface area contributed by atoms with Crippen molar-refractivity contribution in [3.8, 4) is 17.2 Å². The lowest BCUT2D eigenvalue weighted by molar-refractivity contribution is -0.0753. The minimum atomic E-state index is -1.06. The first kappa shape index (κ1) is 26.2. The minimum absolute atomic E-state index is 0.0624. The Kier molecular flexibility index (Phi) is 8.33. The topological polar surface area (TPSA) is 107 Å². The van der Waals surface area contributed by atoms with Gasteiger partial charge >= 0.3 is 5.97 Å². The SMILES string of the molecule is CCOc1cc(C(=O)O)c2nc(C[C@H](OC3CCCC3)[C@H](O)c3cc(OC)c(C)c(OC)c3)sc2c1. The second kappa shape index (κ2) is 11.5. The zero-order valence-electron chi connectivity index (χ0n) is 21.1. The summed E-state index contributed by atoms with van der Waals surface area (Å²) < 4.78 is 23.7. The van der Waals surface area contributed by atoms with Gasteiger partial charge in [-0.1, -0.05) is 12.8 Å². The fraction of sp³-hybridized carbons (Fsp3) is 0.481. The van der Waals surface area contributed by atoms with Gasteiger partial charge in [0.2, 0.25) is 0 Å². The second-order valence-electron chi connectivity index (χ2n) is 8.94. The summed E-state index contributed by atoms with van der Waals surface area (Å²) in [5.41, 5.74) is 1.99. The minimum Gasteiger partial charge on any atom is -0.496 e. The molecule has 1 heterocycles. The Bertz CT molecular complexity index is 1190. The normalized spacial score (nSPS) is 15.7. The summed E-state index contributed by atoms with van der Waals surface area (Å²) in [6.45, 7) is 4.19. The number of hydrogen-bond acceptors (Lipinski definition) is 8. The van der Waals surface area contributed by atoms with Gasteiger partial charge in [0.05, 0.1) is 53.8 Å². The van der Waals surface area contributed by atoms with Crippen molar-refractivity contribution in [2.24, 2.45) is 0 Å². The lowest BCUT2D eigenvalue weighted by Crippen LogP contribution is -2.29. The first-order valence-electron chi connectivity index (χ1n) is 12.2. The highest BCUT2D eigenvalue weighted by molar-refractivity contribution is 7.18. The number of carbonyl (C=O) groups is 1. The second-order valence-corrected chi connectivity index (χ2v) is 10.1. The van der Waals surface area contributed by atoms with E-state index in [0.29, 0.717) is 46.4 Å². The zero-order valence-corrected chi connectivity index (χ0v) is 21.9. The van der Waals surface area contributed by atoms with Crippen LogP contribution >= 0.6 is 11.3 Å². The molecule has 1 aliphatic carbocycles. The van der Waals surface area contributed by atoms with Crippen LogP contribution in [0.15, 0.2) is 24.3 Å². The smallest absolute Gasteiger partial charge is 0.338 e. The van der Waals surface area contributed by atoms with Gasteiger partial charge in [0.15, 0.2) is 0 Å². The summed E-state index contributed by atoms with van der Waals surface area (Å²) in [5, 5.41) is 21.9. The maximum absolute atomic E-state index is 11.9. The Labute approximate surface area is 214 Å².